The number of rotatable bonds is 4. The van der Waals surface area contributed by atoms with Crippen molar-refractivity contribution in [3.63, 3.8) is 0 Å². The van der Waals surface area contributed by atoms with Crippen LogP contribution in [0.3, 0.4) is 0 Å². The summed E-state index contributed by atoms with van der Waals surface area (Å²) in [6.45, 7) is 6.17. The Kier molecular flexibility index (Phi) is 4.04. The summed E-state index contributed by atoms with van der Waals surface area (Å²) in [6, 6.07) is 9.25. The topological polar surface area (TPSA) is 53.4 Å². The largest absolute Gasteiger partial charge is 0.389 e. The lowest BCUT2D eigenvalue weighted by Gasteiger charge is -2.28. The molecule has 1 N–H and O–H groups in total. The SMILES string of the molecule is CCN(CC(C)(C)O)C(=O)c1cccc2ncccc12. The van der Waals surface area contributed by atoms with Gasteiger partial charge in [-0.25, -0.2) is 0 Å². The number of aromatic nitrogens is 1. The van der Waals surface area contributed by atoms with Crippen LogP contribution in [0.15, 0.2) is 36.5 Å². The number of carbonyl (C=O) groups excluding carboxylic acids is 1. The number of nitrogens with zero attached hydrogens (tertiary/aromatic N) is 2. The summed E-state index contributed by atoms with van der Waals surface area (Å²) in [5.41, 5.74) is 0.522. The van der Waals surface area contributed by atoms with E-state index in [2.05, 4.69) is 4.98 Å². The van der Waals surface area contributed by atoms with Crippen LogP contribution in [-0.4, -0.2) is 39.6 Å². The monoisotopic (exact) mass is 272 g/mol. The van der Waals surface area contributed by atoms with Crippen molar-refractivity contribution >= 4 is 16.8 Å². The van der Waals surface area contributed by atoms with Crippen molar-refractivity contribution in [2.75, 3.05) is 13.1 Å². The molecule has 1 aromatic carbocycles. The van der Waals surface area contributed by atoms with E-state index < -0.39 is 5.60 Å². The number of fused-ring (bicyclic) bond motifs is 1. The molecule has 0 radical (unpaired) electrons. The summed E-state index contributed by atoms with van der Waals surface area (Å²) >= 11 is 0. The first-order valence-corrected chi connectivity index (χ1v) is 6.78. The molecule has 4 nitrogen and oxygen atoms in total. The zero-order valence-corrected chi connectivity index (χ0v) is 12.1. The molecule has 106 valence electrons. The van der Waals surface area contributed by atoms with Crippen LogP contribution >= 0.6 is 0 Å². The average molecular weight is 272 g/mol. The van der Waals surface area contributed by atoms with Gasteiger partial charge in [0.15, 0.2) is 0 Å². The molecule has 0 fully saturated rings. The van der Waals surface area contributed by atoms with Crippen molar-refractivity contribution in [3.05, 3.63) is 42.1 Å². The van der Waals surface area contributed by atoms with Crippen LogP contribution in [-0.2, 0) is 0 Å². The van der Waals surface area contributed by atoms with Gasteiger partial charge in [-0.1, -0.05) is 12.1 Å². The zero-order chi connectivity index (χ0) is 14.8. The lowest BCUT2D eigenvalue weighted by Crippen LogP contribution is -2.42. The molecule has 0 aliphatic heterocycles. The summed E-state index contributed by atoms with van der Waals surface area (Å²) in [4.78, 5) is 18.6. The number of carbonyl (C=O) groups is 1. The first-order valence-electron chi connectivity index (χ1n) is 6.78. The van der Waals surface area contributed by atoms with Crippen LogP contribution in [0.1, 0.15) is 31.1 Å². The molecule has 0 spiro atoms. The molecule has 1 aromatic heterocycles. The highest BCUT2D eigenvalue weighted by molar-refractivity contribution is 6.06. The highest BCUT2D eigenvalue weighted by Crippen LogP contribution is 2.19. The second kappa shape index (κ2) is 5.59. The zero-order valence-electron chi connectivity index (χ0n) is 12.1. The van der Waals surface area contributed by atoms with Gasteiger partial charge in [-0.15, -0.1) is 0 Å². The van der Waals surface area contributed by atoms with Gasteiger partial charge >= 0.3 is 0 Å². The fourth-order valence-electron chi connectivity index (χ4n) is 2.25. The minimum absolute atomic E-state index is 0.0757. The number of likely N-dealkylation sites (N-methyl/N-ethyl adjacent to an activating group) is 1. The number of aliphatic hydroxyl groups is 1. The minimum Gasteiger partial charge on any atom is -0.389 e. The van der Waals surface area contributed by atoms with E-state index >= 15 is 0 Å². The van der Waals surface area contributed by atoms with E-state index in [-0.39, 0.29) is 5.91 Å². The molecule has 2 rings (SSSR count). The molecule has 0 unspecified atom stereocenters. The fourth-order valence-corrected chi connectivity index (χ4v) is 2.25. The number of pyridine rings is 1. The molecule has 0 aliphatic carbocycles. The second-order valence-corrected chi connectivity index (χ2v) is 5.51. The summed E-state index contributed by atoms with van der Waals surface area (Å²) in [5.74, 6) is -0.0757. The van der Waals surface area contributed by atoms with E-state index in [1.54, 1.807) is 31.0 Å². The Morgan fingerprint density at radius 3 is 2.70 bits per heavy atom. The number of hydrogen-bond donors (Lipinski definition) is 1. The van der Waals surface area contributed by atoms with Crippen LogP contribution in [0.25, 0.3) is 10.9 Å². The molecule has 0 saturated carbocycles. The van der Waals surface area contributed by atoms with Gasteiger partial charge in [0, 0.05) is 30.2 Å². The van der Waals surface area contributed by atoms with Crippen molar-refractivity contribution in [3.8, 4) is 0 Å². The molecule has 4 heteroatoms. The maximum Gasteiger partial charge on any atom is 0.254 e. The highest BCUT2D eigenvalue weighted by Gasteiger charge is 2.23. The summed E-state index contributed by atoms with van der Waals surface area (Å²) in [5, 5.41) is 10.8. The van der Waals surface area contributed by atoms with Crippen molar-refractivity contribution in [2.24, 2.45) is 0 Å². The van der Waals surface area contributed by atoms with Crippen LogP contribution in [0.4, 0.5) is 0 Å². The Bertz CT molecular complexity index is 612. The molecule has 1 amide bonds. The summed E-state index contributed by atoms with van der Waals surface area (Å²) in [6.07, 6.45) is 1.71. The number of amides is 1. The Hall–Kier alpha value is -1.94. The quantitative estimate of drug-likeness (QED) is 0.930. The van der Waals surface area contributed by atoms with Crippen molar-refractivity contribution in [2.45, 2.75) is 26.4 Å². The summed E-state index contributed by atoms with van der Waals surface area (Å²) < 4.78 is 0. The fraction of sp³-hybridized carbons (Fsp3) is 0.375. The highest BCUT2D eigenvalue weighted by atomic mass is 16.3. The third-order valence-electron chi connectivity index (χ3n) is 3.12. The first-order chi connectivity index (χ1) is 9.42. The molecule has 1 heterocycles. The van der Waals surface area contributed by atoms with Gasteiger partial charge in [0.25, 0.3) is 5.91 Å². The minimum atomic E-state index is -0.908. The smallest absolute Gasteiger partial charge is 0.254 e. The molecular formula is C16H20N2O2. The van der Waals surface area contributed by atoms with E-state index in [1.807, 2.05) is 31.2 Å². The molecule has 2 aromatic rings. The Morgan fingerprint density at radius 1 is 1.30 bits per heavy atom. The van der Waals surface area contributed by atoms with Gasteiger partial charge in [-0.3, -0.25) is 9.78 Å². The number of benzene rings is 1. The van der Waals surface area contributed by atoms with Gasteiger partial charge in [0.05, 0.1) is 11.1 Å². The maximum absolute atomic E-state index is 12.7. The Balaban J connectivity index is 2.40. The van der Waals surface area contributed by atoms with E-state index in [0.29, 0.717) is 18.7 Å². The van der Waals surface area contributed by atoms with E-state index in [0.717, 1.165) is 10.9 Å². The van der Waals surface area contributed by atoms with Crippen molar-refractivity contribution in [1.82, 2.24) is 9.88 Å². The predicted octanol–water partition coefficient (Wildman–Crippen LogP) is 2.47. The van der Waals surface area contributed by atoms with Crippen molar-refractivity contribution < 1.29 is 9.90 Å². The normalized spacial score (nSPS) is 11.6. The Morgan fingerprint density at radius 2 is 2.05 bits per heavy atom. The third kappa shape index (κ3) is 3.14. The van der Waals surface area contributed by atoms with E-state index in [9.17, 15) is 9.90 Å². The summed E-state index contributed by atoms with van der Waals surface area (Å²) in [7, 11) is 0. The molecular weight excluding hydrogens is 252 g/mol. The average Bonchev–Trinajstić information content (AvgIpc) is 2.42. The Labute approximate surface area is 119 Å². The van der Waals surface area contributed by atoms with Gasteiger partial charge < -0.3 is 10.0 Å². The van der Waals surface area contributed by atoms with E-state index in [4.69, 9.17) is 0 Å². The maximum atomic E-state index is 12.7. The van der Waals surface area contributed by atoms with Gasteiger partial charge in [0.2, 0.25) is 0 Å². The molecule has 0 saturated heterocycles. The van der Waals surface area contributed by atoms with Crippen LogP contribution in [0.2, 0.25) is 0 Å². The van der Waals surface area contributed by atoms with Crippen LogP contribution in [0.5, 0.6) is 0 Å². The first kappa shape index (κ1) is 14.5. The standard InChI is InChI=1S/C16H20N2O2/c1-4-18(11-16(2,3)20)15(19)13-7-5-9-14-12(13)8-6-10-17-14/h5-10,20H,4,11H2,1-3H3. The van der Waals surface area contributed by atoms with Crippen LogP contribution < -0.4 is 0 Å². The predicted molar refractivity (Wildman–Crippen MR) is 79.6 cm³/mol. The molecule has 0 atom stereocenters. The van der Waals surface area contributed by atoms with Gasteiger partial charge in [-0.05, 0) is 39.0 Å². The second-order valence-electron chi connectivity index (χ2n) is 5.51. The lowest BCUT2D eigenvalue weighted by molar-refractivity contribution is 0.0316. The molecule has 0 bridgehead atoms. The third-order valence-corrected chi connectivity index (χ3v) is 3.12. The number of hydrogen-bond acceptors (Lipinski definition) is 3. The molecule has 0 aliphatic rings. The lowest BCUT2D eigenvalue weighted by atomic mass is 10.1. The van der Waals surface area contributed by atoms with Gasteiger partial charge in [-0.2, -0.15) is 0 Å². The van der Waals surface area contributed by atoms with Crippen molar-refractivity contribution in [1.29, 1.82) is 0 Å². The van der Waals surface area contributed by atoms with Crippen LogP contribution in [0, 0.1) is 0 Å². The van der Waals surface area contributed by atoms with Gasteiger partial charge in [0.1, 0.15) is 0 Å². The molecule has 20 heavy (non-hydrogen) atoms. The van der Waals surface area contributed by atoms with E-state index in [1.165, 1.54) is 0 Å².